The number of hydrogen-bond donors (Lipinski definition) is 2. The van der Waals surface area contributed by atoms with E-state index in [1.807, 2.05) is 12.1 Å². The highest BCUT2D eigenvalue weighted by molar-refractivity contribution is 5.99. The lowest BCUT2D eigenvalue weighted by Gasteiger charge is -2.34. The second-order valence-corrected chi connectivity index (χ2v) is 7.09. The fourth-order valence-electron chi connectivity index (χ4n) is 3.81. The molecule has 0 aliphatic carbocycles. The minimum Gasteiger partial charge on any atom is -0.356 e. The third-order valence-electron chi connectivity index (χ3n) is 5.20. The monoisotopic (exact) mass is 431 g/mol. The van der Waals surface area contributed by atoms with Crippen LogP contribution < -0.4 is 16.0 Å². The third-order valence-corrected chi connectivity index (χ3v) is 5.20. The van der Waals surface area contributed by atoms with Crippen LogP contribution in [-0.2, 0) is 4.79 Å². The minimum atomic E-state index is -0.158. The second kappa shape index (κ2) is 12.1. The molecule has 1 aromatic heterocycles. The van der Waals surface area contributed by atoms with Gasteiger partial charge < -0.3 is 20.9 Å². The van der Waals surface area contributed by atoms with E-state index < -0.39 is 0 Å². The van der Waals surface area contributed by atoms with E-state index in [2.05, 4.69) is 15.2 Å². The second-order valence-electron chi connectivity index (χ2n) is 7.09. The van der Waals surface area contributed by atoms with Crippen LogP contribution in [0.15, 0.2) is 18.3 Å². The van der Waals surface area contributed by atoms with E-state index in [1.165, 1.54) is 6.42 Å². The summed E-state index contributed by atoms with van der Waals surface area (Å²) in [5, 5.41) is 2.84. The Morgan fingerprint density at radius 1 is 1.14 bits per heavy atom. The van der Waals surface area contributed by atoms with Crippen LogP contribution in [0.5, 0.6) is 0 Å². The van der Waals surface area contributed by atoms with Crippen molar-refractivity contribution in [1.29, 1.82) is 0 Å². The minimum absolute atomic E-state index is 0. The predicted molar refractivity (Wildman–Crippen MR) is 115 cm³/mol. The number of likely N-dealkylation sites (tertiary alicyclic amines) is 1. The summed E-state index contributed by atoms with van der Waals surface area (Å²) in [6.45, 7) is 3.95. The molecule has 7 nitrogen and oxygen atoms in total. The van der Waals surface area contributed by atoms with Crippen LogP contribution in [0.3, 0.4) is 0 Å². The van der Waals surface area contributed by atoms with Gasteiger partial charge in [-0.1, -0.05) is 0 Å². The molecule has 158 valence electrons. The molecule has 3 heterocycles. The van der Waals surface area contributed by atoms with E-state index in [4.69, 9.17) is 5.73 Å². The van der Waals surface area contributed by atoms with Crippen LogP contribution >= 0.6 is 24.8 Å². The van der Waals surface area contributed by atoms with Crippen molar-refractivity contribution in [3.8, 4) is 0 Å². The van der Waals surface area contributed by atoms with E-state index in [9.17, 15) is 9.59 Å². The predicted octanol–water partition coefficient (Wildman–Crippen LogP) is 1.84. The average molecular weight is 432 g/mol. The largest absolute Gasteiger partial charge is 0.356 e. The maximum absolute atomic E-state index is 13.2. The van der Waals surface area contributed by atoms with Gasteiger partial charge in [0, 0.05) is 45.5 Å². The van der Waals surface area contributed by atoms with Gasteiger partial charge in [-0.2, -0.15) is 0 Å². The highest BCUT2D eigenvalue weighted by Crippen LogP contribution is 2.25. The van der Waals surface area contributed by atoms with Crippen molar-refractivity contribution in [2.24, 2.45) is 11.7 Å². The number of nitrogens with one attached hydrogen (secondary N) is 1. The summed E-state index contributed by atoms with van der Waals surface area (Å²) in [5.41, 5.74) is 6.10. The lowest BCUT2D eigenvalue weighted by atomic mass is 9.96. The van der Waals surface area contributed by atoms with Crippen LogP contribution in [-0.4, -0.2) is 61.0 Å². The summed E-state index contributed by atoms with van der Waals surface area (Å²) in [7, 11) is 0. The molecule has 2 aliphatic rings. The molecule has 2 aliphatic heterocycles. The summed E-state index contributed by atoms with van der Waals surface area (Å²) in [4.78, 5) is 33.9. The molecule has 3 N–H and O–H groups in total. The highest BCUT2D eigenvalue weighted by atomic mass is 35.5. The number of carbonyl (C=O) groups is 2. The molecule has 28 heavy (non-hydrogen) atoms. The van der Waals surface area contributed by atoms with Crippen molar-refractivity contribution in [1.82, 2.24) is 15.2 Å². The normalized spacial score (nSPS) is 19.2. The summed E-state index contributed by atoms with van der Waals surface area (Å²) in [6, 6.07) is 3.67. The molecule has 9 heteroatoms. The highest BCUT2D eigenvalue weighted by Gasteiger charge is 2.30. The van der Waals surface area contributed by atoms with Crippen molar-refractivity contribution < 1.29 is 9.59 Å². The molecule has 1 aromatic rings. The van der Waals surface area contributed by atoms with Gasteiger partial charge in [0.1, 0.15) is 5.82 Å². The van der Waals surface area contributed by atoms with E-state index in [0.29, 0.717) is 31.7 Å². The first-order valence-electron chi connectivity index (χ1n) is 9.67. The number of halogens is 2. The first kappa shape index (κ1) is 24.5. The Bertz CT molecular complexity index is 641. The molecule has 2 fully saturated rings. The van der Waals surface area contributed by atoms with Crippen molar-refractivity contribution in [3.05, 3.63) is 23.9 Å². The van der Waals surface area contributed by atoms with Gasteiger partial charge in [0.05, 0.1) is 11.5 Å². The number of aromatic nitrogens is 1. The number of nitrogens with two attached hydrogens (primary N) is 1. The molecule has 0 saturated carbocycles. The summed E-state index contributed by atoms with van der Waals surface area (Å²) < 4.78 is 0. The molecule has 2 saturated heterocycles. The number of nitrogens with zero attached hydrogens (tertiary/aromatic N) is 3. The maximum Gasteiger partial charge on any atom is 0.257 e. The SMILES string of the molecule is Cl.Cl.NCCNC(=O)C1CCCN(C(=O)c2cccnc2N2CCCCC2)C1. The van der Waals surface area contributed by atoms with Crippen molar-refractivity contribution in [3.63, 3.8) is 0 Å². The molecule has 0 bridgehead atoms. The fraction of sp³-hybridized carbons (Fsp3) is 0.632. The summed E-state index contributed by atoms with van der Waals surface area (Å²) in [6.07, 6.45) is 6.91. The average Bonchev–Trinajstić information content (AvgIpc) is 2.72. The Labute approximate surface area is 179 Å². The number of piperidine rings is 2. The number of hydrogen-bond acceptors (Lipinski definition) is 5. The van der Waals surface area contributed by atoms with E-state index >= 15 is 0 Å². The zero-order valence-electron chi connectivity index (χ0n) is 16.1. The Balaban J connectivity index is 0.00000196. The van der Waals surface area contributed by atoms with Gasteiger partial charge in [0.2, 0.25) is 5.91 Å². The standard InChI is InChI=1S/C19H29N5O2.2ClH/c20-8-10-22-18(25)15-6-5-13-24(14-15)19(26)16-7-4-9-21-17(16)23-11-2-1-3-12-23;;/h4,7,9,15H,1-3,5-6,8,10-14,20H2,(H,22,25);2*1H. The van der Waals surface area contributed by atoms with Crippen molar-refractivity contribution in [2.45, 2.75) is 32.1 Å². The van der Waals surface area contributed by atoms with Crippen molar-refractivity contribution >= 4 is 42.4 Å². The number of pyridine rings is 1. The summed E-state index contributed by atoms with van der Waals surface area (Å²) >= 11 is 0. The van der Waals surface area contributed by atoms with Gasteiger partial charge in [-0.15, -0.1) is 24.8 Å². The Morgan fingerprint density at radius 2 is 1.89 bits per heavy atom. The molecule has 1 atom stereocenters. The van der Waals surface area contributed by atoms with E-state index in [0.717, 1.165) is 44.6 Å². The molecule has 0 radical (unpaired) electrons. The number of carbonyl (C=O) groups excluding carboxylic acids is 2. The molecule has 0 spiro atoms. The van der Waals surface area contributed by atoms with Gasteiger partial charge in [-0.05, 0) is 44.2 Å². The lowest BCUT2D eigenvalue weighted by molar-refractivity contribution is -0.126. The molecule has 2 amide bonds. The van der Waals surface area contributed by atoms with Gasteiger partial charge >= 0.3 is 0 Å². The Hall–Kier alpha value is -1.57. The third kappa shape index (κ3) is 5.96. The van der Waals surface area contributed by atoms with E-state index in [1.54, 1.807) is 11.1 Å². The van der Waals surface area contributed by atoms with Gasteiger partial charge in [0.25, 0.3) is 5.91 Å². The van der Waals surface area contributed by atoms with Crippen LogP contribution in [0.4, 0.5) is 5.82 Å². The number of rotatable bonds is 5. The zero-order valence-corrected chi connectivity index (χ0v) is 17.8. The first-order chi connectivity index (χ1) is 12.7. The van der Waals surface area contributed by atoms with Gasteiger partial charge in [0.15, 0.2) is 0 Å². The molecule has 3 rings (SSSR count). The van der Waals surface area contributed by atoms with Crippen LogP contribution in [0, 0.1) is 5.92 Å². The van der Waals surface area contributed by atoms with E-state index in [-0.39, 0.29) is 42.5 Å². The van der Waals surface area contributed by atoms with Gasteiger partial charge in [-0.3, -0.25) is 9.59 Å². The Morgan fingerprint density at radius 3 is 2.61 bits per heavy atom. The molecular weight excluding hydrogens is 401 g/mol. The smallest absolute Gasteiger partial charge is 0.257 e. The van der Waals surface area contributed by atoms with Crippen LogP contribution in [0.1, 0.15) is 42.5 Å². The lowest BCUT2D eigenvalue weighted by Crippen LogP contribution is -2.46. The maximum atomic E-state index is 13.2. The van der Waals surface area contributed by atoms with Crippen molar-refractivity contribution in [2.75, 3.05) is 44.2 Å². The first-order valence-corrected chi connectivity index (χ1v) is 9.67. The molecule has 0 aromatic carbocycles. The van der Waals surface area contributed by atoms with Gasteiger partial charge in [-0.25, -0.2) is 4.98 Å². The van der Waals surface area contributed by atoms with Crippen LogP contribution in [0.25, 0.3) is 0 Å². The molecule has 1 unspecified atom stereocenters. The molecular formula is C19H31Cl2N5O2. The zero-order chi connectivity index (χ0) is 18.4. The number of amides is 2. The summed E-state index contributed by atoms with van der Waals surface area (Å²) in [5.74, 6) is 0.603. The van der Waals surface area contributed by atoms with Crippen LogP contribution in [0.2, 0.25) is 0 Å². The fourth-order valence-corrected chi connectivity index (χ4v) is 3.81. The Kier molecular flexibility index (Phi) is 10.6. The topological polar surface area (TPSA) is 91.6 Å². The number of anilines is 1. The quantitative estimate of drug-likeness (QED) is 0.741.